The van der Waals surface area contributed by atoms with Crippen LogP contribution in [0.5, 0.6) is 0 Å². The van der Waals surface area contributed by atoms with E-state index >= 15 is 0 Å². The average molecular weight is 336 g/mol. The van der Waals surface area contributed by atoms with E-state index in [1.165, 1.54) is 32.2 Å². The molecule has 2 saturated heterocycles. The highest BCUT2D eigenvalue weighted by Crippen LogP contribution is 2.13. The minimum Gasteiger partial charge on any atom is -0.548 e. The number of likely N-dealkylation sites (N-methyl/N-ethyl adjacent to an activating group) is 1. The summed E-state index contributed by atoms with van der Waals surface area (Å²) >= 11 is 0. The Balaban J connectivity index is 0.000000198. The van der Waals surface area contributed by atoms with Crippen molar-refractivity contribution in [3.8, 4) is 0 Å². The zero-order valence-corrected chi connectivity index (χ0v) is 15.1. The number of carbonyl (C=O) groups is 1. The molecule has 0 spiro atoms. The van der Waals surface area contributed by atoms with Gasteiger partial charge in [0.1, 0.15) is 18.9 Å². The smallest absolute Gasteiger partial charge is 0.243 e. The van der Waals surface area contributed by atoms with E-state index in [0.29, 0.717) is 6.04 Å². The standard InChI is InChI=1S/C12H22N3.C6H11NO2/c1-2-3-7-14-8-9-15(11-14)10-12-5-4-6-13-12;1-7-4-2-3-5(7)6(8)9/h8-9,11-13H,2-7,10H2,1H3;5H,2-4H2,1H3,(H,8,9)/q+1;/p-1/t12-;5-/m00/s1. The zero-order chi connectivity index (χ0) is 17.4. The lowest BCUT2D eigenvalue weighted by molar-refractivity contribution is -0.698. The topological polar surface area (TPSA) is 64.2 Å². The number of likely N-dealkylation sites (tertiary alicyclic amines) is 1. The number of unbranched alkanes of at least 4 members (excludes halogenated alkanes) is 1. The summed E-state index contributed by atoms with van der Waals surface area (Å²) in [7, 11) is 1.81. The molecule has 6 heteroatoms. The molecule has 0 amide bonds. The lowest BCUT2D eigenvalue weighted by Gasteiger charge is -2.19. The third-order valence-electron chi connectivity index (χ3n) is 4.90. The van der Waals surface area contributed by atoms with Crippen LogP contribution in [-0.2, 0) is 17.9 Å². The predicted octanol–water partition coefficient (Wildman–Crippen LogP) is 0.158. The third kappa shape index (κ3) is 5.91. The highest BCUT2D eigenvalue weighted by molar-refractivity contribution is 5.71. The van der Waals surface area contributed by atoms with E-state index in [2.05, 4.69) is 40.1 Å². The van der Waals surface area contributed by atoms with Gasteiger partial charge in [0.05, 0.1) is 12.5 Å². The van der Waals surface area contributed by atoms with Gasteiger partial charge in [-0.1, -0.05) is 13.3 Å². The number of aliphatic carboxylic acids is 1. The van der Waals surface area contributed by atoms with Crippen LogP contribution in [0.1, 0.15) is 45.4 Å². The maximum Gasteiger partial charge on any atom is 0.243 e. The molecular formula is C18H32N4O2. The number of imidazole rings is 1. The lowest BCUT2D eigenvalue weighted by atomic mass is 10.2. The van der Waals surface area contributed by atoms with Gasteiger partial charge in [-0.3, -0.25) is 4.90 Å². The Morgan fingerprint density at radius 1 is 1.38 bits per heavy atom. The molecular weight excluding hydrogens is 304 g/mol. The van der Waals surface area contributed by atoms with Crippen LogP contribution in [0.25, 0.3) is 0 Å². The molecule has 3 rings (SSSR count). The molecule has 3 heterocycles. The SMILES string of the molecule is CCCCn1cc[n+](C[C@@H]2CCCN2)c1.CN1CCC[C@H]1C(=O)[O-]. The second-order valence-electron chi connectivity index (χ2n) is 6.95. The Hall–Kier alpha value is -1.40. The van der Waals surface area contributed by atoms with Crippen molar-refractivity contribution in [3.05, 3.63) is 18.7 Å². The Morgan fingerprint density at radius 3 is 2.75 bits per heavy atom. The van der Waals surface area contributed by atoms with Gasteiger partial charge >= 0.3 is 0 Å². The number of hydrogen-bond donors (Lipinski definition) is 1. The van der Waals surface area contributed by atoms with Crippen molar-refractivity contribution in [1.82, 2.24) is 14.8 Å². The molecule has 1 N–H and O–H groups in total. The zero-order valence-electron chi connectivity index (χ0n) is 15.1. The summed E-state index contributed by atoms with van der Waals surface area (Å²) in [6.45, 7) is 6.60. The summed E-state index contributed by atoms with van der Waals surface area (Å²) in [5.74, 6) is -0.935. The first kappa shape index (κ1) is 18.9. The highest BCUT2D eigenvalue weighted by atomic mass is 16.4. The van der Waals surface area contributed by atoms with Crippen LogP contribution in [0, 0.1) is 0 Å². The number of nitrogens with one attached hydrogen (secondary N) is 1. The van der Waals surface area contributed by atoms with Crippen LogP contribution in [0.15, 0.2) is 18.7 Å². The molecule has 0 radical (unpaired) electrons. The van der Waals surface area contributed by atoms with E-state index in [4.69, 9.17) is 0 Å². The van der Waals surface area contributed by atoms with Gasteiger partial charge in [-0.2, -0.15) is 0 Å². The van der Waals surface area contributed by atoms with Crippen molar-refractivity contribution in [2.75, 3.05) is 20.1 Å². The van der Waals surface area contributed by atoms with E-state index in [-0.39, 0.29) is 6.04 Å². The fourth-order valence-corrected chi connectivity index (χ4v) is 3.39. The van der Waals surface area contributed by atoms with Gasteiger partial charge in [-0.15, -0.1) is 0 Å². The van der Waals surface area contributed by atoms with Crippen LogP contribution in [0.3, 0.4) is 0 Å². The van der Waals surface area contributed by atoms with Crippen molar-refractivity contribution in [1.29, 1.82) is 0 Å². The van der Waals surface area contributed by atoms with Crippen LogP contribution >= 0.6 is 0 Å². The van der Waals surface area contributed by atoms with Crippen molar-refractivity contribution >= 4 is 5.97 Å². The molecule has 1 aromatic heterocycles. The monoisotopic (exact) mass is 336 g/mol. The van der Waals surface area contributed by atoms with Crippen molar-refractivity contribution < 1.29 is 14.5 Å². The lowest BCUT2D eigenvalue weighted by Crippen LogP contribution is -2.42. The number of carbonyl (C=O) groups excluding carboxylic acids is 1. The van der Waals surface area contributed by atoms with E-state index in [1.54, 1.807) is 0 Å². The van der Waals surface area contributed by atoms with Crippen molar-refractivity contribution in [3.63, 3.8) is 0 Å². The third-order valence-corrected chi connectivity index (χ3v) is 4.90. The van der Waals surface area contributed by atoms with E-state index in [1.807, 2.05) is 11.9 Å². The molecule has 6 nitrogen and oxygen atoms in total. The number of rotatable bonds is 6. The molecule has 2 fully saturated rings. The summed E-state index contributed by atoms with van der Waals surface area (Å²) < 4.78 is 4.59. The van der Waals surface area contributed by atoms with Gasteiger partial charge in [0.25, 0.3) is 0 Å². The average Bonchev–Trinajstić information content (AvgIpc) is 3.28. The van der Waals surface area contributed by atoms with Gasteiger partial charge in [0.15, 0.2) is 0 Å². The molecule has 0 unspecified atom stereocenters. The Labute approximate surface area is 145 Å². The van der Waals surface area contributed by atoms with Gasteiger partial charge < -0.3 is 15.2 Å². The molecule has 2 aliphatic rings. The predicted molar refractivity (Wildman–Crippen MR) is 91.2 cm³/mol. The highest BCUT2D eigenvalue weighted by Gasteiger charge is 2.21. The fraction of sp³-hybridized carbons (Fsp3) is 0.778. The molecule has 0 bridgehead atoms. The largest absolute Gasteiger partial charge is 0.548 e. The van der Waals surface area contributed by atoms with E-state index in [9.17, 15) is 9.90 Å². The number of aromatic nitrogens is 2. The van der Waals surface area contributed by atoms with E-state index in [0.717, 1.165) is 32.5 Å². The molecule has 136 valence electrons. The number of nitrogens with zero attached hydrogens (tertiary/aromatic N) is 3. The molecule has 2 atom stereocenters. The summed E-state index contributed by atoms with van der Waals surface area (Å²) in [5, 5.41) is 13.8. The van der Waals surface area contributed by atoms with Gasteiger partial charge in [0.2, 0.25) is 6.33 Å². The summed E-state index contributed by atoms with van der Waals surface area (Å²) in [6, 6.07) is 0.363. The molecule has 0 aliphatic carbocycles. The van der Waals surface area contributed by atoms with Crippen molar-refractivity contribution in [2.45, 2.75) is 70.6 Å². The van der Waals surface area contributed by atoms with E-state index < -0.39 is 5.97 Å². The maximum absolute atomic E-state index is 10.3. The maximum atomic E-state index is 10.3. The normalized spacial score (nSPS) is 23.9. The van der Waals surface area contributed by atoms with Gasteiger partial charge in [0, 0.05) is 12.1 Å². The minimum absolute atomic E-state index is 0.329. The van der Waals surface area contributed by atoms with Gasteiger partial charge in [-0.05, 0) is 52.2 Å². The summed E-state index contributed by atoms with van der Waals surface area (Å²) in [6.07, 6.45) is 13.5. The summed E-state index contributed by atoms with van der Waals surface area (Å²) in [4.78, 5) is 12.1. The van der Waals surface area contributed by atoms with Crippen LogP contribution in [0.2, 0.25) is 0 Å². The number of aryl methyl sites for hydroxylation is 1. The van der Waals surface area contributed by atoms with Crippen LogP contribution < -0.4 is 15.0 Å². The summed E-state index contributed by atoms with van der Waals surface area (Å²) in [5.41, 5.74) is 0. The van der Waals surface area contributed by atoms with Crippen LogP contribution in [-0.4, -0.2) is 47.7 Å². The molecule has 0 saturated carbocycles. The number of hydrogen-bond acceptors (Lipinski definition) is 4. The van der Waals surface area contributed by atoms with Crippen molar-refractivity contribution in [2.24, 2.45) is 0 Å². The molecule has 24 heavy (non-hydrogen) atoms. The quantitative estimate of drug-likeness (QED) is 0.752. The molecule has 2 aliphatic heterocycles. The van der Waals surface area contributed by atoms with Gasteiger partial charge in [-0.25, -0.2) is 9.13 Å². The first-order valence-electron chi connectivity index (χ1n) is 9.29. The first-order valence-corrected chi connectivity index (χ1v) is 9.29. The second kappa shape index (κ2) is 9.79. The Kier molecular flexibility index (Phi) is 7.72. The Morgan fingerprint density at radius 2 is 2.21 bits per heavy atom. The van der Waals surface area contributed by atoms with Crippen LogP contribution in [0.4, 0.5) is 0 Å². The minimum atomic E-state index is -0.935. The fourth-order valence-electron chi connectivity index (χ4n) is 3.39. The Bertz CT molecular complexity index is 497. The first-order chi connectivity index (χ1) is 11.6. The number of carboxylic acids is 1. The molecule has 1 aromatic rings. The second-order valence-corrected chi connectivity index (χ2v) is 6.95. The molecule has 0 aromatic carbocycles. The number of carboxylic acid groups (broad SMARTS) is 1.